The first-order valence-corrected chi connectivity index (χ1v) is 6.57. The SMILES string of the molecule is CCn1cc(C(C)N(CCN(C)C)CC(=O)O)cn1. The highest BCUT2D eigenvalue weighted by molar-refractivity contribution is 5.69. The van der Waals surface area contributed by atoms with Gasteiger partial charge in [0, 0.05) is 37.4 Å². The van der Waals surface area contributed by atoms with E-state index >= 15 is 0 Å². The summed E-state index contributed by atoms with van der Waals surface area (Å²) in [6, 6.07) is 0.0522. The molecular weight excluding hydrogens is 244 g/mol. The number of nitrogens with zero attached hydrogens (tertiary/aromatic N) is 4. The minimum atomic E-state index is -0.798. The summed E-state index contributed by atoms with van der Waals surface area (Å²) < 4.78 is 1.86. The number of aryl methyl sites for hydroxylation is 1. The van der Waals surface area contributed by atoms with Gasteiger partial charge in [0.05, 0.1) is 12.7 Å². The minimum absolute atomic E-state index is 0.0479. The van der Waals surface area contributed by atoms with E-state index in [1.165, 1.54) is 0 Å². The maximum Gasteiger partial charge on any atom is 0.317 e. The number of aliphatic carboxylic acids is 1. The van der Waals surface area contributed by atoms with E-state index in [0.29, 0.717) is 0 Å². The van der Waals surface area contributed by atoms with Gasteiger partial charge in [-0.05, 0) is 27.9 Å². The molecule has 0 fully saturated rings. The van der Waals surface area contributed by atoms with Gasteiger partial charge in [-0.25, -0.2) is 0 Å². The quantitative estimate of drug-likeness (QED) is 0.759. The lowest BCUT2D eigenvalue weighted by atomic mass is 10.1. The highest BCUT2D eigenvalue weighted by Crippen LogP contribution is 2.19. The number of carboxylic acid groups (broad SMARTS) is 1. The molecule has 0 bridgehead atoms. The van der Waals surface area contributed by atoms with Crippen molar-refractivity contribution in [2.45, 2.75) is 26.4 Å². The predicted octanol–water partition coefficient (Wildman–Crippen LogP) is 0.912. The number of aromatic nitrogens is 2. The van der Waals surface area contributed by atoms with Crippen molar-refractivity contribution in [1.82, 2.24) is 19.6 Å². The smallest absolute Gasteiger partial charge is 0.317 e. The standard InChI is InChI=1S/C13H24N4O2/c1-5-17-9-12(8-14-17)11(2)16(10-13(18)19)7-6-15(3)4/h8-9,11H,5-7,10H2,1-4H3,(H,18,19). The maximum atomic E-state index is 11.0. The third-order valence-electron chi connectivity index (χ3n) is 3.18. The summed E-state index contributed by atoms with van der Waals surface area (Å²) in [6.45, 7) is 6.48. The molecule has 19 heavy (non-hydrogen) atoms. The summed E-state index contributed by atoms with van der Waals surface area (Å²) >= 11 is 0. The average Bonchev–Trinajstić information content (AvgIpc) is 2.81. The molecule has 1 heterocycles. The summed E-state index contributed by atoms with van der Waals surface area (Å²) in [4.78, 5) is 15.0. The molecule has 0 radical (unpaired) electrons. The van der Waals surface area contributed by atoms with E-state index in [4.69, 9.17) is 5.11 Å². The van der Waals surface area contributed by atoms with E-state index in [1.807, 2.05) is 49.9 Å². The zero-order valence-corrected chi connectivity index (χ0v) is 12.2. The van der Waals surface area contributed by atoms with Crippen molar-refractivity contribution in [2.75, 3.05) is 33.7 Å². The summed E-state index contributed by atoms with van der Waals surface area (Å²) in [5.41, 5.74) is 1.06. The molecule has 0 saturated heterocycles. The molecular formula is C13H24N4O2. The van der Waals surface area contributed by atoms with Gasteiger partial charge in [0.25, 0.3) is 0 Å². The highest BCUT2D eigenvalue weighted by Gasteiger charge is 2.19. The predicted molar refractivity (Wildman–Crippen MR) is 74.1 cm³/mol. The number of carbonyl (C=O) groups is 1. The zero-order chi connectivity index (χ0) is 14.4. The van der Waals surface area contributed by atoms with Crippen LogP contribution in [0.3, 0.4) is 0 Å². The van der Waals surface area contributed by atoms with Crippen LogP contribution in [0.5, 0.6) is 0 Å². The van der Waals surface area contributed by atoms with Crippen LogP contribution in [-0.4, -0.2) is 64.4 Å². The largest absolute Gasteiger partial charge is 0.480 e. The van der Waals surface area contributed by atoms with E-state index in [2.05, 4.69) is 10.00 Å². The fraction of sp³-hybridized carbons (Fsp3) is 0.692. The summed E-state index contributed by atoms with van der Waals surface area (Å²) in [5.74, 6) is -0.798. The molecule has 0 aromatic carbocycles. The number of hydrogen-bond acceptors (Lipinski definition) is 4. The Morgan fingerprint density at radius 3 is 2.63 bits per heavy atom. The number of hydrogen-bond donors (Lipinski definition) is 1. The first-order chi connectivity index (χ1) is 8.93. The first kappa shape index (κ1) is 15.7. The molecule has 1 aromatic heterocycles. The molecule has 6 heteroatoms. The average molecular weight is 268 g/mol. The first-order valence-electron chi connectivity index (χ1n) is 6.57. The Bertz CT molecular complexity index is 403. The monoisotopic (exact) mass is 268 g/mol. The van der Waals surface area contributed by atoms with Gasteiger partial charge in [0.1, 0.15) is 0 Å². The van der Waals surface area contributed by atoms with Crippen LogP contribution in [0.2, 0.25) is 0 Å². The Morgan fingerprint density at radius 1 is 1.47 bits per heavy atom. The van der Waals surface area contributed by atoms with Crippen LogP contribution in [0.25, 0.3) is 0 Å². The molecule has 1 atom stereocenters. The minimum Gasteiger partial charge on any atom is -0.480 e. The summed E-state index contributed by atoms with van der Waals surface area (Å²) in [5, 5.41) is 13.3. The Kier molecular flexibility index (Phi) is 5.98. The second kappa shape index (κ2) is 7.25. The number of carboxylic acids is 1. The van der Waals surface area contributed by atoms with E-state index < -0.39 is 5.97 Å². The van der Waals surface area contributed by atoms with Crippen LogP contribution in [0, 0.1) is 0 Å². The normalized spacial score (nSPS) is 13.2. The van der Waals surface area contributed by atoms with E-state index in [1.54, 1.807) is 0 Å². The zero-order valence-electron chi connectivity index (χ0n) is 12.2. The van der Waals surface area contributed by atoms with Crippen molar-refractivity contribution in [2.24, 2.45) is 0 Å². The lowest BCUT2D eigenvalue weighted by Gasteiger charge is -2.28. The maximum absolute atomic E-state index is 11.0. The number of rotatable bonds is 8. The van der Waals surface area contributed by atoms with Crippen LogP contribution >= 0.6 is 0 Å². The Hall–Kier alpha value is -1.40. The summed E-state index contributed by atoms with van der Waals surface area (Å²) in [6.07, 6.45) is 3.80. The van der Waals surface area contributed by atoms with Crippen LogP contribution in [0.1, 0.15) is 25.5 Å². The van der Waals surface area contributed by atoms with Gasteiger partial charge in [0.2, 0.25) is 0 Å². The van der Waals surface area contributed by atoms with Gasteiger partial charge in [-0.3, -0.25) is 14.4 Å². The lowest BCUT2D eigenvalue weighted by molar-refractivity contribution is -0.138. The molecule has 6 nitrogen and oxygen atoms in total. The molecule has 1 rings (SSSR count). The second-order valence-electron chi connectivity index (χ2n) is 4.97. The van der Waals surface area contributed by atoms with Gasteiger partial charge in [0.15, 0.2) is 0 Å². The van der Waals surface area contributed by atoms with Crippen molar-refractivity contribution in [3.05, 3.63) is 18.0 Å². The fourth-order valence-electron chi connectivity index (χ4n) is 1.89. The Labute approximate surface area is 114 Å². The van der Waals surface area contributed by atoms with Crippen LogP contribution in [-0.2, 0) is 11.3 Å². The Balaban J connectivity index is 2.74. The molecule has 0 aliphatic heterocycles. The molecule has 1 unspecified atom stereocenters. The molecule has 0 aliphatic rings. The van der Waals surface area contributed by atoms with Gasteiger partial charge < -0.3 is 10.0 Å². The van der Waals surface area contributed by atoms with Gasteiger partial charge >= 0.3 is 5.97 Å². The van der Waals surface area contributed by atoms with Crippen molar-refractivity contribution < 1.29 is 9.90 Å². The molecule has 0 spiro atoms. The third-order valence-corrected chi connectivity index (χ3v) is 3.18. The molecule has 1 N–H and O–H groups in total. The van der Waals surface area contributed by atoms with Gasteiger partial charge in [-0.1, -0.05) is 0 Å². The van der Waals surface area contributed by atoms with Crippen molar-refractivity contribution in [1.29, 1.82) is 0 Å². The van der Waals surface area contributed by atoms with Crippen molar-refractivity contribution in [3.63, 3.8) is 0 Å². The van der Waals surface area contributed by atoms with Crippen LogP contribution in [0.4, 0.5) is 0 Å². The Morgan fingerprint density at radius 2 is 2.16 bits per heavy atom. The molecule has 108 valence electrons. The van der Waals surface area contributed by atoms with E-state index in [0.717, 1.165) is 25.2 Å². The van der Waals surface area contributed by atoms with Crippen molar-refractivity contribution in [3.8, 4) is 0 Å². The lowest BCUT2D eigenvalue weighted by Crippen LogP contribution is -2.37. The molecule has 0 amide bonds. The molecule has 0 saturated carbocycles. The third kappa shape index (κ3) is 5.00. The van der Waals surface area contributed by atoms with Crippen LogP contribution < -0.4 is 0 Å². The van der Waals surface area contributed by atoms with Gasteiger partial charge in [-0.15, -0.1) is 0 Å². The van der Waals surface area contributed by atoms with E-state index in [9.17, 15) is 4.79 Å². The van der Waals surface area contributed by atoms with Crippen molar-refractivity contribution >= 4 is 5.97 Å². The van der Waals surface area contributed by atoms with E-state index in [-0.39, 0.29) is 12.6 Å². The van der Waals surface area contributed by atoms with Gasteiger partial charge in [-0.2, -0.15) is 5.10 Å². The fourth-order valence-corrected chi connectivity index (χ4v) is 1.89. The highest BCUT2D eigenvalue weighted by atomic mass is 16.4. The molecule has 1 aromatic rings. The number of likely N-dealkylation sites (N-methyl/N-ethyl adjacent to an activating group) is 1. The summed E-state index contributed by atoms with van der Waals surface area (Å²) in [7, 11) is 3.97. The van der Waals surface area contributed by atoms with Crippen LogP contribution in [0.15, 0.2) is 12.4 Å². The molecule has 0 aliphatic carbocycles. The second-order valence-corrected chi connectivity index (χ2v) is 4.97. The topological polar surface area (TPSA) is 61.6 Å².